The second-order valence-electron chi connectivity index (χ2n) is 4.27. The normalized spacial score (nSPS) is 10.6. The molecule has 0 heterocycles. The number of nitriles is 2. The highest BCUT2D eigenvalue weighted by Gasteiger charge is 2.01. The molecular weight excluding hydrogens is 232 g/mol. The molecule has 0 unspecified atom stereocenters. The molecule has 2 aromatic carbocycles. The van der Waals surface area contributed by atoms with Gasteiger partial charge in [-0.25, -0.2) is 0 Å². The molecule has 0 amide bonds. The monoisotopic (exact) mass is 244 g/mol. The van der Waals surface area contributed by atoms with Crippen LogP contribution in [0.5, 0.6) is 0 Å². The number of hydrogen-bond donors (Lipinski definition) is 0. The lowest BCUT2D eigenvalue weighted by Gasteiger charge is -2.00. The largest absolute Gasteiger partial charge is 0.192 e. The van der Waals surface area contributed by atoms with Gasteiger partial charge in [-0.1, -0.05) is 42.0 Å². The van der Waals surface area contributed by atoms with Crippen LogP contribution in [0.15, 0.2) is 48.5 Å². The summed E-state index contributed by atoms with van der Waals surface area (Å²) < 4.78 is 0. The van der Waals surface area contributed by atoms with Crippen LogP contribution in [0.3, 0.4) is 0 Å². The van der Waals surface area contributed by atoms with Gasteiger partial charge in [0.1, 0.15) is 0 Å². The summed E-state index contributed by atoms with van der Waals surface area (Å²) in [5.74, 6) is 0. The summed E-state index contributed by atoms with van der Waals surface area (Å²) in [7, 11) is 0. The number of aryl methyl sites for hydroxylation is 1. The van der Waals surface area contributed by atoms with Gasteiger partial charge in [0.2, 0.25) is 0 Å². The Morgan fingerprint density at radius 3 is 2.11 bits per heavy atom. The molecule has 0 saturated heterocycles. The molecule has 0 aliphatic rings. The van der Waals surface area contributed by atoms with Crippen molar-refractivity contribution in [3.05, 3.63) is 70.8 Å². The third-order valence-corrected chi connectivity index (χ3v) is 2.83. The van der Waals surface area contributed by atoms with E-state index in [0.717, 1.165) is 11.1 Å². The lowest BCUT2D eigenvalue weighted by molar-refractivity contribution is 1.46. The van der Waals surface area contributed by atoms with Crippen LogP contribution in [0.2, 0.25) is 0 Å². The second kappa shape index (κ2) is 5.67. The molecule has 0 aromatic heterocycles. The number of hydrogen-bond acceptors (Lipinski definition) is 2. The Morgan fingerprint density at radius 1 is 0.947 bits per heavy atom. The lowest BCUT2D eigenvalue weighted by Crippen LogP contribution is -1.83. The van der Waals surface area contributed by atoms with Gasteiger partial charge in [0.15, 0.2) is 0 Å². The molecule has 0 aliphatic carbocycles. The van der Waals surface area contributed by atoms with Crippen LogP contribution in [0.4, 0.5) is 0 Å². The Bertz CT molecular complexity index is 678. The Balaban J connectivity index is 2.36. The van der Waals surface area contributed by atoms with Crippen molar-refractivity contribution in [3.8, 4) is 12.1 Å². The summed E-state index contributed by atoms with van der Waals surface area (Å²) in [6.07, 6.45) is 1.85. The van der Waals surface area contributed by atoms with E-state index in [-0.39, 0.29) is 0 Å². The standard InChI is InChI=1S/C17H12N2/c1-13-2-4-14(5-3-13)10-17(12-19)16-8-6-15(11-18)7-9-16/h2-10H,1H3. The van der Waals surface area contributed by atoms with Crippen LogP contribution in [-0.4, -0.2) is 0 Å². The molecule has 19 heavy (non-hydrogen) atoms. The van der Waals surface area contributed by atoms with Crippen molar-refractivity contribution in [1.82, 2.24) is 0 Å². The first-order chi connectivity index (χ1) is 9.22. The van der Waals surface area contributed by atoms with E-state index in [4.69, 9.17) is 5.26 Å². The highest BCUT2D eigenvalue weighted by molar-refractivity contribution is 5.89. The smallest absolute Gasteiger partial charge is 0.0998 e. The number of benzene rings is 2. The van der Waals surface area contributed by atoms with Crippen LogP contribution in [-0.2, 0) is 0 Å². The lowest BCUT2D eigenvalue weighted by atomic mass is 10.0. The predicted molar refractivity (Wildman–Crippen MR) is 75.8 cm³/mol. The molecule has 0 N–H and O–H groups in total. The fraction of sp³-hybridized carbons (Fsp3) is 0.0588. The highest BCUT2D eigenvalue weighted by atomic mass is 14.3. The average Bonchev–Trinajstić information content (AvgIpc) is 2.47. The summed E-state index contributed by atoms with van der Waals surface area (Å²) in [6, 6.07) is 19.3. The van der Waals surface area contributed by atoms with Crippen molar-refractivity contribution < 1.29 is 0 Å². The van der Waals surface area contributed by atoms with Gasteiger partial charge in [-0.05, 0) is 36.3 Å². The maximum atomic E-state index is 9.24. The molecule has 0 bridgehead atoms. The summed E-state index contributed by atoms with van der Waals surface area (Å²) in [4.78, 5) is 0. The van der Waals surface area contributed by atoms with E-state index in [0.29, 0.717) is 11.1 Å². The van der Waals surface area contributed by atoms with Gasteiger partial charge in [0.25, 0.3) is 0 Å². The van der Waals surface area contributed by atoms with Gasteiger partial charge in [0, 0.05) is 0 Å². The number of allylic oxidation sites excluding steroid dienone is 1. The van der Waals surface area contributed by atoms with Gasteiger partial charge in [-0.3, -0.25) is 0 Å². The van der Waals surface area contributed by atoms with E-state index >= 15 is 0 Å². The quantitative estimate of drug-likeness (QED) is 0.593. The minimum Gasteiger partial charge on any atom is -0.192 e. The number of nitrogens with zero attached hydrogens (tertiary/aromatic N) is 2. The maximum absolute atomic E-state index is 9.24. The molecule has 2 nitrogen and oxygen atoms in total. The van der Waals surface area contributed by atoms with E-state index in [9.17, 15) is 5.26 Å². The average molecular weight is 244 g/mol. The molecule has 0 saturated carbocycles. The van der Waals surface area contributed by atoms with Crippen molar-refractivity contribution >= 4 is 11.6 Å². The summed E-state index contributed by atoms with van der Waals surface area (Å²) in [5, 5.41) is 18.0. The van der Waals surface area contributed by atoms with Crippen molar-refractivity contribution in [2.75, 3.05) is 0 Å². The highest BCUT2D eigenvalue weighted by Crippen LogP contribution is 2.18. The molecule has 0 fully saturated rings. The fourth-order valence-electron chi connectivity index (χ4n) is 1.73. The van der Waals surface area contributed by atoms with E-state index in [2.05, 4.69) is 12.1 Å². The zero-order valence-corrected chi connectivity index (χ0v) is 10.6. The SMILES string of the molecule is Cc1ccc(C=C(C#N)c2ccc(C#N)cc2)cc1. The minimum atomic E-state index is 0.591. The van der Waals surface area contributed by atoms with Gasteiger partial charge < -0.3 is 0 Å². The molecule has 0 atom stereocenters. The third-order valence-electron chi connectivity index (χ3n) is 2.83. The van der Waals surface area contributed by atoms with E-state index in [1.807, 2.05) is 37.3 Å². The predicted octanol–water partition coefficient (Wildman–Crippen LogP) is 3.93. The Kier molecular flexibility index (Phi) is 3.76. The molecule has 0 spiro atoms. The van der Waals surface area contributed by atoms with Gasteiger partial charge in [0.05, 0.1) is 23.3 Å². The molecule has 2 heteroatoms. The van der Waals surface area contributed by atoms with Crippen LogP contribution in [0.1, 0.15) is 22.3 Å². The fourth-order valence-corrected chi connectivity index (χ4v) is 1.73. The van der Waals surface area contributed by atoms with Crippen molar-refractivity contribution in [2.24, 2.45) is 0 Å². The summed E-state index contributed by atoms with van der Waals surface area (Å²) in [6.45, 7) is 2.03. The molecule has 2 rings (SSSR count). The van der Waals surface area contributed by atoms with Gasteiger partial charge in [-0.2, -0.15) is 10.5 Å². The zero-order chi connectivity index (χ0) is 13.7. The first-order valence-electron chi connectivity index (χ1n) is 5.92. The van der Waals surface area contributed by atoms with Gasteiger partial charge in [-0.15, -0.1) is 0 Å². The molecule has 0 radical (unpaired) electrons. The first-order valence-corrected chi connectivity index (χ1v) is 5.92. The van der Waals surface area contributed by atoms with Crippen LogP contribution in [0.25, 0.3) is 11.6 Å². The number of rotatable bonds is 2. The summed E-state index contributed by atoms with van der Waals surface area (Å²) >= 11 is 0. The molecule has 2 aromatic rings. The van der Waals surface area contributed by atoms with Crippen molar-refractivity contribution in [3.63, 3.8) is 0 Å². The van der Waals surface area contributed by atoms with E-state index < -0.39 is 0 Å². The molecule has 0 aliphatic heterocycles. The Labute approximate surface area is 112 Å². The maximum Gasteiger partial charge on any atom is 0.0998 e. The van der Waals surface area contributed by atoms with E-state index in [1.54, 1.807) is 24.3 Å². The topological polar surface area (TPSA) is 47.6 Å². The van der Waals surface area contributed by atoms with Crippen LogP contribution < -0.4 is 0 Å². The minimum absolute atomic E-state index is 0.591. The zero-order valence-electron chi connectivity index (χ0n) is 10.6. The third kappa shape index (κ3) is 3.09. The van der Waals surface area contributed by atoms with Gasteiger partial charge >= 0.3 is 0 Å². The first kappa shape index (κ1) is 12.6. The Morgan fingerprint density at radius 2 is 1.58 bits per heavy atom. The van der Waals surface area contributed by atoms with Crippen molar-refractivity contribution in [2.45, 2.75) is 6.92 Å². The molecular formula is C17H12N2. The Hall–Kier alpha value is -2.84. The second-order valence-corrected chi connectivity index (χ2v) is 4.27. The van der Waals surface area contributed by atoms with E-state index in [1.165, 1.54) is 5.56 Å². The van der Waals surface area contributed by atoms with Crippen LogP contribution in [0, 0.1) is 29.6 Å². The van der Waals surface area contributed by atoms with Crippen molar-refractivity contribution in [1.29, 1.82) is 10.5 Å². The summed E-state index contributed by atoms with van der Waals surface area (Å²) in [5.41, 5.74) is 4.19. The molecule has 90 valence electrons. The van der Waals surface area contributed by atoms with Crippen LogP contribution >= 0.6 is 0 Å².